The maximum Gasteiger partial charge on any atom is 0.219 e. The highest BCUT2D eigenvalue weighted by Crippen LogP contribution is 2.25. The number of anilines is 1. The van der Waals surface area contributed by atoms with Gasteiger partial charge in [0.05, 0.1) is 11.4 Å². The van der Waals surface area contributed by atoms with Crippen molar-refractivity contribution in [1.82, 2.24) is 14.8 Å². The summed E-state index contributed by atoms with van der Waals surface area (Å²) in [6.45, 7) is 6.82. The lowest BCUT2D eigenvalue weighted by Gasteiger charge is -2.24. The summed E-state index contributed by atoms with van der Waals surface area (Å²) in [5.74, 6) is 0.0673. The van der Waals surface area contributed by atoms with Gasteiger partial charge in [0.25, 0.3) is 0 Å². The van der Waals surface area contributed by atoms with E-state index in [9.17, 15) is 4.79 Å². The topological polar surface area (TPSA) is 112 Å². The summed E-state index contributed by atoms with van der Waals surface area (Å²) >= 11 is 0. The standard InChI is InChI=1S/C28H34N6O/c1-4-34(14-13-33(3)20(2)35)19-22-8-5-7-21(15-22)16-27(30)28(31)25-17-23(10-11-26(25)29)24-9-6-12-32-18-24/h5-12,15-18,31H,4,13-14,19,29-30H2,1-3H3/b27-16-,31-28?. The van der Waals surface area contributed by atoms with Crippen LogP contribution >= 0.6 is 0 Å². The molecular weight excluding hydrogens is 436 g/mol. The van der Waals surface area contributed by atoms with Crippen molar-refractivity contribution < 1.29 is 4.79 Å². The molecule has 35 heavy (non-hydrogen) atoms. The van der Waals surface area contributed by atoms with E-state index in [1.165, 1.54) is 0 Å². The number of carbonyl (C=O) groups excluding carboxylic acids is 1. The van der Waals surface area contributed by atoms with Gasteiger partial charge in [-0.3, -0.25) is 20.1 Å². The molecule has 0 spiro atoms. The van der Waals surface area contributed by atoms with Crippen molar-refractivity contribution in [2.24, 2.45) is 5.73 Å². The molecule has 0 saturated heterocycles. The van der Waals surface area contributed by atoms with Gasteiger partial charge >= 0.3 is 0 Å². The number of benzene rings is 2. The number of hydrogen-bond acceptors (Lipinski definition) is 6. The Balaban J connectivity index is 1.76. The van der Waals surface area contributed by atoms with Crippen LogP contribution in [0.2, 0.25) is 0 Å². The molecule has 0 aliphatic carbocycles. The van der Waals surface area contributed by atoms with E-state index >= 15 is 0 Å². The number of nitrogens with two attached hydrogens (primary N) is 2. The second-order valence-corrected chi connectivity index (χ2v) is 8.57. The van der Waals surface area contributed by atoms with Crippen molar-refractivity contribution in [3.63, 3.8) is 0 Å². The van der Waals surface area contributed by atoms with Crippen molar-refractivity contribution in [3.05, 3.63) is 89.4 Å². The van der Waals surface area contributed by atoms with Gasteiger partial charge in [-0.25, -0.2) is 0 Å². The second-order valence-electron chi connectivity index (χ2n) is 8.57. The molecule has 0 radical (unpaired) electrons. The van der Waals surface area contributed by atoms with E-state index in [4.69, 9.17) is 16.9 Å². The molecule has 3 rings (SSSR count). The van der Waals surface area contributed by atoms with E-state index in [-0.39, 0.29) is 11.6 Å². The first-order valence-electron chi connectivity index (χ1n) is 11.7. The number of pyridine rings is 1. The van der Waals surface area contributed by atoms with Gasteiger partial charge in [0, 0.05) is 62.8 Å². The van der Waals surface area contributed by atoms with Crippen LogP contribution in [0.5, 0.6) is 0 Å². The van der Waals surface area contributed by atoms with Crippen LogP contribution in [0.15, 0.2) is 72.7 Å². The molecular formula is C28H34N6O. The highest BCUT2D eigenvalue weighted by Gasteiger charge is 2.12. The van der Waals surface area contributed by atoms with E-state index in [0.717, 1.165) is 41.9 Å². The van der Waals surface area contributed by atoms with Crippen molar-refractivity contribution in [2.45, 2.75) is 20.4 Å². The summed E-state index contributed by atoms with van der Waals surface area (Å²) < 4.78 is 0. The molecule has 1 heterocycles. The number of nitrogen functional groups attached to an aromatic ring is 1. The number of aromatic nitrogens is 1. The molecule has 1 aromatic heterocycles. The summed E-state index contributed by atoms with van der Waals surface area (Å²) in [6.07, 6.45) is 5.31. The zero-order valence-corrected chi connectivity index (χ0v) is 20.7. The molecule has 0 bridgehead atoms. The van der Waals surface area contributed by atoms with E-state index in [0.29, 0.717) is 23.5 Å². The third-order valence-electron chi connectivity index (χ3n) is 6.02. The third kappa shape index (κ3) is 7.01. The maximum absolute atomic E-state index is 11.5. The van der Waals surface area contributed by atoms with E-state index in [1.54, 1.807) is 30.3 Å². The first kappa shape index (κ1) is 25.6. The molecule has 2 aromatic carbocycles. The molecule has 7 nitrogen and oxygen atoms in total. The Morgan fingerprint density at radius 1 is 1.09 bits per heavy atom. The zero-order valence-electron chi connectivity index (χ0n) is 20.7. The zero-order chi connectivity index (χ0) is 25.4. The summed E-state index contributed by atoms with van der Waals surface area (Å²) in [5.41, 5.74) is 18.1. The van der Waals surface area contributed by atoms with Crippen LogP contribution in [0.4, 0.5) is 5.69 Å². The van der Waals surface area contributed by atoms with E-state index in [1.807, 2.05) is 49.5 Å². The van der Waals surface area contributed by atoms with Gasteiger partial charge in [-0.1, -0.05) is 43.3 Å². The van der Waals surface area contributed by atoms with Gasteiger partial charge < -0.3 is 16.4 Å². The Labute approximate surface area is 207 Å². The molecule has 0 fully saturated rings. The number of carbonyl (C=O) groups is 1. The highest BCUT2D eigenvalue weighted by atomic mass is 16.2. The Morgan fingerprint density at radius 2 is 1.89 bits per heavy atom. The van der Waals surface area contributed by atoms with Gasteiger partial charge in [-0.2, -0.15) is 0 Å². The fourth-order valence-corrected chi connectivity index (χ4v) is 3.73. The van der Waals surface area contributed by atoms with Crippen molar-refractivity contribution in [2.75, 3.05) is 32.4 Å². The van der Waals surface area contributed by atoms with E-state index < -0.39 is 0 Å². The smallest absolute Gasteiger partial charge is 0.219 e. The lowest BCUT2D eigenvalue weighted by Crippen LogP contribution is -2.35. The third-order valence-corrected chi connectivity index (χ3v) is 6.02. The van der Waals surface area contributed by atoms with Crippen LogP contribution in [0.25, 0.3) is 17.2 Å². The molecule has 0 aliphatic heterocycles. The number of rotatable bonds is 10. The Hall–Kier alpha value is -3.97. The number of allylic oxidation sites excluding steroid dienone is 1. The maximum atomic E-state index is 11.5. The quantitative estimate of drug-likeness (QED) is 0.306. The first-order valence-corrected chi connectivity index (χ1v) is 11.7. The minimum atomic E-state index is 0.0673. The molecule has 1 amide bonds. The predicted octanol–water partition coefficient (Wildman–Crippen LogP) is 4.00. The van der Waals surface area contributed by atoms with Crippen molar-refractivity contribution in [3.8, 4) is 11.1 Å². The van der Waals surface area contributed by atoms with Crippen molar-refractivity contribution in [1.29, 1.82) is 5.41 Å². The minimum absolute atomic E-state index is 0.0673. The van der Waals surface area contributed by atoms with Gasteiger partial charge in [0.15, 0.2) is 0 Å². The molecule has 3 aromatic rings. The summed E-state index contributed by atoms with van der Waals surface area (Å²) in [6, 6.07) is 17.5. The molecule has 0 atom stereocenters. The van der Waals surface area contributed by atoms with Gasteiger partial charge in [0.1, 0.15) is 0 Å². The summed E-state index contributed by atoms with van der Waals surface area (Å²) in [5, 5.41) is 8.68. The number of nitrogens with one attached hydrogen (secondary N) is 1. The number of nitrogens with zero attached hydrogens (tertiary/aromatic N) is 3. The normalized spacial score (nSPS) is 11.5. The first-order chi connectivity index (χ1) is 16.8. The molecule has 5 N–H and O–H groups in total. The van der Waals surface area contributed by atoms with Gasteiger partial charge in [-0.15, -0.1) is 0 Å². The lowest BCUT2D eigenvalue weighted by atomic mass is 9.98. The number of hydrogen-bond donors (Lipinski definition) is 3. The number of likely N-dealkylation sites (N-methyl/N-ethyl adjacent to an activating group) is 2. The van der Waals surface area contributed by atoms with Crippen LogP contribution < -0.4 is 11.5 Å². The van der Waals surface area contributed by atoms with Crippen LogP contribution in [0.3, 0.4) is 0 Å². The van der Waals surface area contributed by atoms with Crippen LogP contribution in [0, 0.1) is 5.41 Å². The fourth-order valence-electron chi connectivity index (χ4n) is 3.73. The van der Waals surface area contributed by atoms with Crippen LogP contribution in [-0.4, -0.2) is 53.1 Å². The average Bonchev–Trinajstić information content (AvgIpc) is 2.86. The van der Waals surface area contributed by atoms with Gasteiger partial charge in [-0.05, 0) is 47.5 Å². The van der Waals surface area contributed by atoms with Crippen molar-refractivity contribution >= 4 is 23.4 Å². The molecule has 182 valence electrons. The molecule has 0 saturated carbocycles. The second kappa shape index (κ2) is 11.9. The predicted molar refractivity (Wildman–Crippen MR) is 144 cm³/mol. The summed E-state index contributed by atoms with van der Waals surface area (Å²) in [4.78, 5) is 19.7. The lowest BCUT2D eigenvalue weighted by molar-refractivity contribution is -0.127. The monoisotopic (exact) mass is 470 g/mol. The number of amides is 1. The molecule has 7 heteroatoms. The SMILES string of the molecule is CCN(CCN(C)C(C)=O)Cc1cccc(/C=C(\N)C(=N)c2cc(-c3cccnc3)ccc2N)c1. The fraction of sp³-hybridized carbons (Fsp3) is 0.250. The molecule has 0 unspecified atom stereocenters. The Morgan fingerprint density at radius 3 is 2.57 bits per heavy atom. The van der Waals surface area contributed by atoms with E-state index in [2.05, 4.69) is 28.9 Å². The minimum Gasteiger partial charge on any atom is -0.398 e. The van der Waals surface area contributed by atoms with Crippen LogP contribution in [0.1, 0.15) is 30.5 Å². The Kier molecular flexibility index (Phi) is 8.75. The van der Waals surface area contributed by atoms with Gasteiger partial charge in [0.2, 0.25) is 5.91 Å². The largest absolute Gasteiger partial charge is 0.398 e. The van der Waals surface area contributed by atoms with Crippen LogP contribution in [-0.2, 0) is 11.3 Å². The average molecular weight is 471 g/mol. The Bertz CT molecular complexity index is 1210. The molecule has 0 aliphatic rings. The summed E-state index contributed by atoms with van der Waals surface area (Å²) in [7, 11) is 1.82. The highest BCUT2D eigenvalue weighted by molar-refractivity contribution is 6.15.